The Morgan fingerprint density at radius 1 is 0.553 bits per heavy atom. The van der Waals surface area contributed by atoms with E-state index in [0.29, 0.717) is 25.9 Å². The lowest BCUT2D eigenvalue weighted by atomic mass is 9.90. The van der Waals surface area contributed by atoms with E-state index < -0.39 is 0 Å². The molecule has 38 heavy (non-hydrogen) atoms. The van der Waals surface area contributed by atoms with Crippen LogP contribution in [0.15, 0.2) is 10.2 Å². The number of hydrogen-bond donors (Lipinski definition) is 2. The van der Waals surface area contributed by atoms with E-state index in [1.54, 1.807) is 0 Å². The highest BCUT2D eigenvalue weighted by atomic mass is 16.2. The second kappa shape index (κ2) is 24.9. The van der Waals surface area contributed by atoms with Crippen molar-refractivity contribution in [3.8, 4) is 0 Å². The van der Waals surface area contributed by atoms with Gasteiger partial charge in [-0.15, -0.1) is 0 Å². The second-order valence-electron chi connectivity index (χ2n) is 10.7. The summed E-state index contributed by atoms with van der Waals surface area (Å²) in [6.07, 6.45) is 22.9. The van der Waals surface area contributed by atoms with Crippen LogP contribution < -0.4 is 10.6 Å². The highest BCUT2D eigenvalue weighted by molar-refractivity contribution is 5.77. The maximum Gasteiger partial charge on any atom is 0.220 e. The van der Waals surface area contributed by atoms with E-state index in [1.165, 1.54) is 38.5 Å². The minimum absolute atomic E-state index is 0.0596. The SMILES string of the molecule is [N-]=[N+]=NCCCCCCCCCCC(=O)NC1CCCCC1NC(=O)CCCCCCCCCCN=[N+]=[N-]. The molecule has 1 saturated carbocycles. The molecule has 0 saturated heterocycles. The summed E-state index contributed by atoms with van der Waals surface area (Å²) in [6.45, 7) is 1.20. The summed E-state index contributed by atoms with van der Waals surface area (Å²) in [6, 6.07) is 0.119. The van der Waals surface area contributed by atoms with Gasteiger partial charge in [0.2, 0.25) is 11.8 Å². The second-order valence-corrected chi connectivity index (χ2v) is 10.7. The molecule has 0 aliphatic heterocycles. The molecule has 2 atom stereocenters. The van der Waals surface area contributed by atoms with Crippen LogP contribution in [0, 0.1) is 0 Å². The van der Waals surface area contributed by atoms with Crippen molar-refractivity contribution in [1.82, 2.24) is 10.6 Å². The maximum absolute atomic E-state index is 12.5. The predicted octanol–water partition coefficient (Wildman–Crippen LogP) is 8.17. The Labute approximate surface area is 229 Å². The van der Waals surface area contributed by atoms with Crippen LogP contribution in [0.4, 0.5) is 0 Å². The zero-order valence-electron chi connectivity index (χ0n) is 23.6. The fourth-order valence-corrected chi connectivity index (χ4v) is 5.18. The monoisotopic (exact) mass is 532 g/mol. The number of rotatable bonds is 24. The standard InChI is InChI=1S/C28H52N8O2/c29-35-31-23-17-11-7-3-1-5-9-13-21-27(37)33-25-19-15-16-20-26(25)34-28(38)22-14-10-6-2-4-8-12-18-24-32-36-30/h25-26H,1-24H2,(H,33,37)(H,34,38). The minimum atomic E-state index is 0.0596. The normalized spacial score (nSPS) is 16.7. The lowest BCUT2D eigenvalue weighted by molar-refractivity contribution is -0.125. The molecule has 0 aromatic heterocycles. The molecular weight excluding hydrogens is 480 g/mol. The number of hydrogen-bond acceptors (Lipinski definition) is 4. The molecule has 0 heterocycles. The van der Waals surface area contributed by atoms with Crippen molar-refractivity contribution in [3.63, 3.8) is 0 Å². The van der Waals surface area contributed by atoms with E-state index >= 15 is 0 Å². The molecule has 0 aromatic carbocycles. The fraction of sp³-hybridized carbons (Fsp3) is 0.929. The van der Waals surface area contributed by atoms with Crippen LogP contribution in [-0.2, 0) is 9.59 Å². The summed E-state index contributed by atoms with van der Waals surface area (Å²) >= 11 is 0. The van der Waals surface area contributed by atoms with Crippen LogP contribution >= 0.6 is 0 Å². The van der Waals surface area contributed by atoms with E-state index in [4.69, 9.17) is 11.1 Å². The number of amides is 2. The number of unbranched alkanes of at least 4 members (excludes halogenated alkanes) is 14. The van der Waals surface area contributed by atoms with E-state index in [2.05, 4.69) is 30.7 Å². The van der Waals surface area contributed by atoms with E-state index in [1.807, 2.05) is 0 Å². The third-order valence-electron chi connectivity index (χ3n) is 7.41. The Balaban J connectivity index is 2.07. The molecule has 1 aliphatic rings. The molecule has 1 fully saturated rings. The molecule has 2 unspecified atom stereocenters. The summed E-state index contributed by atoms with van der Waals surface area (Å²) < 4.78 is 0. The Morgan fingerprint density at radius 2 is 0.868 bits per heavy atom. The average Bonchev–Trinajstić information content (AvgIpc) is 2.91. The van der Waals surface area contributed by atoms with Crippen molar-refractivity contribution in [2.24, 2.45) is 10.2 Å². The summed E-state index contributed by atoms with van der Waals surface area (Å²) in [5.74, 6) is 0.235. The van der Waals surface area contributed by atoms with Crippen LogP contribution in [0.25, 0.3) is 20.9 Å². The largest absolute Gasteiger partial charge is 0.351 e. The van der Waals surface area contributed by atoms with Crippen molar-refractivity contribution in [1.29, 1.82) is 0 Å². The number of carbonyl (C=O) groups excluding carboxylic acids is 2. The van der Waals surface area contributed by atoms with Crippen LogP contribution in [0.2, 0.25) is 0 Å². The van der Waals surface area contributed by atoms with Gasteiger partial charge in [0.05, 0.1) is 0 Å². The highest BCUT2D eigenvalue weighted by Crippen LogP contribution is 2.20. The lowest BCUT2D eigenvalue weighted by Crippen LogP contribution is -2.53. The van der Waals surface area contributed by atoms with Crippen molar-refractivity contribution in [3.05, 3.63) is 20.9 Å². The summed E-state index contributed by atoms with van der Waals surface area (Å²) in [4.78, 5) is 30.6. The zero-order valence-corrected chi connectivity index (χ0v) is 23.6. The first-order valence-corrected chi connectivity index (χ1v) is 15.3. The summed E-state index contributed by atoms with van der Waals surface area (Å²) in [7, 11) is 0. The van der Waals surface area contributed by atoms with Gasteiger partial charge in [0.25, 0.3) is 0 Å². The number of nitrogens with zero attached hydrogens (tertiary/aromatic N) is 6. The number of carbonyl (C=O) groups is 2. The van der Waals surface area contributed by atoms with Crippen LogP contribution in [0.1, 0.15) is 141 Å². The van der Waals surface area contributed by atoms with Gasteiger partial charge in [0.1, 0.15) is 0 Å². The van der Waals surface area contributed by atoms with Gasteiger partial charge in [0, 0.05) is 47.8 Å². The van der Waals surface area contributed by atoms with E-state index in [9.17, 15) is 9.59 Å². The molecular formula is C28H52N8O2. The van der Waals surface area contributed by atoms with Gasteiger partial charge in [-0.05, 0) is 49.6 Å². The Morgan fingerprint density at radius 3 is 1.21 bits per heavy atom. The molecule has 0 radical (unpaired) electrons. The third kappa shape index (κ3) is 19.6. The van der Waals surface area contributed by atoms with Gasteiger partial charge in [-0.1, -0.05) is 100 Å². The maximum atomic E-state index is 12.5. The molecule has 10 nitrogen and oxygen atoms in total. The molecule has 2 amide bonds. The average molecular weight is 533 g/mol. The first-order chi connectivity index (χ1) is 18.7. The van der Waals surface area contributed by atoms with Gasteiger partial charge in [-0.25, -0.2) is 0 Å². The van der Waals surface area contributed by atoms with Crippen molar-refractivity contribution in [2.75, 3.05) is 13.1 Å². The van der Waals surface area contributed by atoms with Gasteiger partial charge >= 0.3 is 0 Å². The van der Waals surface area contributed by atoms with Gasteiger partial charge in [-0.3, -0.25) is 9.59 Å². The van der Waals surface area contributed by atoms with Crippen LogP contribution in [0.5, 0.6) is 0 Å². The first-order valence-electron chi connectivity index (χ1n) is 15.3. The summed E-state index contributed by atoms with van der Waals surface area (Å²) in [5, 5.41) is 13.5. The van der Waals surface area contributed by atoms with E-state index in [0.717, 1.165) is 89.9 Å². The first kappa shape index (κ1) is 33.6. The topological polar surface area (TPSA) is 156 Å². The number of azide groups is 2. The Hall–Kier alpha value is -2.44. The predicted molar refractivity (Wildman–Crippen MR) is 153 cm³/mol. The van der Waals surface area contributed by atoms with Gasteiger partial charge < -0.3 is 10.6 Å². The van der Waals surface area contributed by atoms with Gasteiger partial charge in [-0.2, -0.15) is 0 Å². The Bertz CT molecular complexity index is 660. The highest BCUT2D eigenvalue weighted by Gasteiger charge is 2.27. The quantitative estimate of drug-likeness (QED) is 0.0556. The van der Waals surface area contributed by atoms with Crippen LogP contribution in [-0.4, -0.2) is 37.0 Å². The lowest BCUT2D eigenvalue weighted by Gasteiger charge is -2.33. The molecule has 1 rings (SSSR count). The minimum Gasteiger partial charge on any atom is -0.351 e. The molecule has 0 aromatic rings. The molecule has 216 valence electrons. The fourth-order valence-electron chi connectivity index (χ4n) is 5.18. The van der Waals surface area contributed by atoms with Crippen molar-refractivity contribution in [2.45, 2.75) is 153 Å². The molecule has 10 heteroatoms. The van der Waals surface area contributed by atoms with Crippen molar-refractivity contribution >= 4 is 11.8 Å². The molecule has 0 bridgehead atoms. The molecule has 0 spiro atoms. The smallest absolute Gasteiger partial charge is 0.220 e. The van der Waals surface area contributed by atoms with Gasteiger partial charge in [0.15, 0.2) is 0 Å². The van der Waals surface area contributed by atoms with Crippen molar-refractivity contribution < 1.29 is 9.59 Å². The third-order valence-corrected chi connectivity index (χ3v) is 7.41. The van der Waals surface area contributed by atoms with Crippen LogP contribution in [0.3, 0.4) is 0 Å². The molecule has 2 N–H and O–H groups in total. The summed E-state index contributed by atoms with van der Waals surface area (Å²) in [5.41, 5.74) is 16.5. The number of nitrogens with one attached hydrogen (secondary N) is 2. The Kier molecular flexibility index (Phi) is 22.0. The molecule has 1 aliphatic carbocycles. The van der Waals surface area contributed by atoms with E-state index in [-0.39, 0.29) is 23.9 Å². The zero-order chi connectivity index (χ0) is 27.5.